The Morgan fingerprint density at radius 2 is 2.03 bits per heavy atom. The summed E-state index contributed by atoms with van der Waals surface area (Å²) in [7, 11) is 0. The minimum atomic E-state index is -0.815. The molecular formula is C24H37NO5. The first-order valence-corrected chi connectivity index (χ1v) is 11.2. The molecule has 30 heavy (non-hydrogen) atoms. The van der Waals surface area contributed by atoms with Gasteiger partial charge >= 0.3 is 5.97 Å². The number of benzene rings is 1. The molecule has 0 aromatic heterocycles. The summed E-state index contributed by atoms with van der Waals surface area (Å²) in [6, 6.07) is 5.11. The lowest BCUT2D eigenvalue weighted by Gasteiger charge is -2.38. The highest BCUT2D eigenvalue weighted by atomic mass is 16.5. The van der Waals surface area contributed by atoms with Gasteiger partial charge in [-0.15, -0.1) is 0 Å². The fourth-order valence-corrected chi connectivity index (χ4v) is 3.81. The largest absolute Gasteiger partial charge is 0.492 e. The molecular weight excluding hydrogens is 382 g/mol. The summed E-state index contributed by atoms with van der Waals surface area (Å²) in [5.41, 5.74) is 0.0402. The Bertz CT molecular complexity index is 718. The summed E-state index contributed by atoms with van der Waals surface area (Å²) in [5.74, 6) is 0.610. The first kappa shape index (κ1) is 24.2. The molecule has 1 N–H and O–H groups in total. The van der Waals surface area contributed by atoms with Gasteiger partial charge in [-0.2, -0.15) is 0 Å². The first-order chi connectivity index (χ1) is 14.3. The third kappa shape index (κ3) is 6.46. The average molecular weight is 420 g/mol. The molecule has 1 fully saturated rings. The number of anilines is 1. The standard InChI is InChI=1S/C24H37NO5/c1-6-13-30-24(12-8-9-18(5)15-24)23(27)25-19-10-11-21(29-16-17(3)4)20(14-19)22(26)28-7-2/h10-11,14,17-18H,6-9,12-13,15-16H2,1-5H3,(H,25,27). The maximum atomic E-state index is 13.3. The lowest BCUT2D eigenvalue weighted by Crippen LogP contribution is -2.48. The van der Waals surface area contributed by atoms with Crippen LogP contribution in [0.4, 0.5) is 5.69 Å². The van der Waals surface area contributed by atoms with Gasteiger partial charge in [0.15, 0.2) is 0 Å². The Labute approximate surface area is 180 Å². The second-order valence-electron chi connectivity index (χ2n) is 8.63. The Balaban J connectivity index is 2.25. The number of nitrogens with one attached hydrogen (secondary N) is 1. The lowest BCUT2D eigenvalue weighted by molar-refractivity contribution is -0.148. The third-order valence-corrected chi connectivity index (χ3v) is 5.26. The van der Waals surface area contributed by atoms with Crippen molar-refractivity contribution in [2.75, 3.05) is 25.1 Å². The number of rotatable bonds is 10. The van der Waals surface area contributed by atoms with Crippen LogP contribution in [0, 0.1) is 11.8 Å². The third-order valence-electron chi connectivity index (χ3n) is 5.26. The second kappa shape index (κ2) is 11.3. The number of hydrogen-bond donors (Lipinski definition) is 1. The van der Waals surface area contributed by atoms with E-state index in [1.165, 1.54) is 0 Å². The van der Waals surface area contributed by atoms with Gasteiger partial charge in [0, 0.05) is 12.3 Å². The zero-order valence-corrected chi connectivity index (χ0v) is 19.1. The van der Waals surface area contributed by atoms with Gasteiger partial charge in [0.1, 0.15) is 16.9 Å². The van der Waals surface area contributed by atoms with Crippen molar-refractivity contribution in [1.82, 2.24) is 0 Å². The van der Waals surface area contributed by atoms with Crippen LogP contribution in [0.2, 0.25) is 0 Å². The summed E-state index contributed by atoms with van der Waals surface area (Å²) in [4.78, 5) is 25.7. The van der Waals surface area contributed by atoms with Gasteiger partial charge in [0.05, 0.1) is 13.2 Å². The molecule has 1 saturated carbocycles. The monoisotopic (exact) mass is 419 g/mol. The lowest BCUT2D eigenvalue weighted by atomic mass is 9.78. The zero-order valence-electron chi connectivity index (χ0n) is 19.1. The predicted octanol–water partition coefficient (Wildman–Crippen LogP) is 5.21. The van der Waals surface area contributed by atoms with Crippen LogP contribution in [0.15, 0.2) is 18.2 Å². The molecule has 0 radical (unpaired) electrons. The Kier molecular flexibility index (Phi) is 9.15. The molecule has 2 unspecified atom stereocenters. The molecule has 1 aromatic rings. The summed E-state index contributed by atoms with van der Waals surface area (Å²) in [6.07, 6.45) is 4.36. The van der Waals surface area contributed by atoms with E-state index in [2.05, 4.69) is 12.2 Å². The fourth-order valence-electron chi connectivity index (χ4n) is 3.81. The molecule has 0 spiro atoms. The van der Waals surface area contributed by atoms with Crippen molar-refractivity contribution < 1.29 is 23.8 Å². The Hall–Kier alpha value is -2.08. The van der Waals surface area contributed by atoms with E-state index in [0.29, 0.717) is 54.9 Å². The molecule has 1 amide bonds. The van der Waals surface area contributed by atoms with Crippen LogP contribution in [0.3, 0.4) is 0 Å². The summed E-state index contributed by atoms with van der Waals surface area (Å²) >= 11 is 0. The van der Waals surface area contributed by atoms with Crippen molar-refractivity contribution in [3.63, 3.8) is 0 Å². The first-order valence-electron chi connectivity index (χ1n) is 11.2. The van der Waals surface area contributed by atoms with Gasteiger partial charge in [-0.25, -0.2) is 4.79 Å². The molecule has 1 aliphatic rings. The van der Waals surface area contributed by atoms with Crippen molar-refractivity contribution in [2.24, 2.45) is 11.8 Å². The summed E-state index contributed by atoms with van der Waals surface area (Å²) in [5, 5.41) is 2.98. The van der Waals surface area contributed by atoms with Crippen molar-refractivity contribution in [2.45, 2.75) is 72.3 Å². The predicted molar refractivity (Wildman–Crippen MR) is 118 cm³/mol. The highest BCUT2D eigenvalue weighted by molar-refractivity contribution is 5.99. The minimum absolute atomic E-state index is 0.145. The van der Waals surface area contributed by atoms with Crippen LogP contribution in [-0.4, -0.2) is 37.3 Å². The number of hydrogen-bond acceptors (Lipinski definition) is 5. The molecule has 168 valence electrons. The van der Waals surface area contributed by atoms with E-state index in [1.54, 1.807) is 25.1 Å². The topological polar surface area (TPSA) is 73.9 Å². The maximum absolute atomic E-state index is 13.3. The molecule has 0 saturated heterocycles. The van der Waals surface area contributed by atoms with E-state index in [-0.39, 0.29) is 12.5 Å². The van der Waals surface area contributed by atoms with Crippen molar-refractivity contribution in [3.8, 4) is 5.75 Å². The van der Waals surface area contributed by atoms with E-state index >= 15 is 0 Å². The zero-order chi connectivity index (χ0) is 22.1. The number of carbonyl (C=O) groups is 2. The number of esters is 1. The molecule has 6 nitrogen and oxygen atoms in total. The van der Waals surface area contributed by atoms with Gasteiger partial charge in [-0.1, -0.05) is 34.1 Å². The van der Waals surface area contributed by atoms with E-state index in [4.69, 9.17) is 14.2 Å². The molecule has 6 heteroatoms. The molecule has 2 atom stereocenters. The quantitative estimate of drug-likeness (QED) is 0.527. The Morgan fingerprint density at radius 1 is 1.27 bits per heavy atom. The fraction of sp³-hybridized carbons (Fsp3) is 0.667. The van der Waals surface area contributed by atoms with Gasteiger partial charge in [-0.3, -0.25) is 4.79 Å². The minimum Gasteiger partial charge on any atom is -0.492 e. The van der Waals surface area contributed by atoms with E-state index in [1.807, 2.05) is 20.8 Å². The molecule has 1 aliphatic carbocycles. The van der Waals surface area contributed by atoms with Crippen molar-refractivity contribution in [3.05, 3.63) is 23.8 Å². The highest BCUT2D eigenvalue weighted by Crippen LogP contribution is 2.36. The van der Waals surface area contributed by atoms with Crippen molar-refractivity contribution in [1.29, 1.82) is 0 Å². The molecule has 0 bridgehead atoms. The van der Waals surface area contributed by atoms with Gasteiger partial charge in [-0.05, 0) is 62.6 Å². The molecule has 0 heterocycles. The van der Waals surface area contributed by atoms with Gasteiger partial charge in [0.25, 0.3) is 5.91 Å². The second-order valence-corrected chi connectivity index (χ2v) is 8.63. The van der Waals surface area contributed by atoms with E-state index < -0.39 is 11.6 Å². The Morgan fingerprint density at radius 3 is 2.67 bits per heavy atom. The maximum Gasteiger partial charge on any atom is 0.341 e. The van der Waals surface area contributed by atoms with Gasteiger partial charge in [0.2, 0.25) is 0 Å². The van der Waals surface area contributed by atoms with Crippen LogP contribution < -0.4 is 10.1 Å². The highest BCUT2D eigenvalue weighted by Gasteiger charge is 2.42. The molecule has 0 aliphatic heterocycles. The number of carbonyl (C=O) groups excluding carboxylic acids is 2. The summed E-state index contributed by atoms with van der Waals surface area (Å²) in [6.45, 7) is 11.4. The van der Waals surface area contributed by atoms with Crippen LogP contribution in [0.25, 0.3) is 0 Å². The van der Waals surface area contributed by atoms with Crippen LogP contribution >= 0.6 is 0 Å². The van der Waals surface area contributed by atoms with Crippen LogP contribution in [0.1, 0.15) is 77.1 Å². The normalized spacial score (nSPS) is 21.3. The summed E-state index contributed by atoms with van der Waals surface area (Å²) < 4.78 is 17.1. The number of ether oxygens (including phenoxy) is 3. The SMILES string of the molecule is CCCOC1(C(=O)Nc2ccc(OCC(C)C)c(C(=O)OCC)c2)CCCC(C)C1. The van der Waals surface area contributed by atoms with Crippen molar-refractivity contribution >= 4 is 17.6 Å². The average Bonchev–Trinajstić information content (AvgIpc) is 2.71. The van der Waals surface area contributed by atoms with Crippen LogP contribution in [-0.2, 0) is 14.3 Å². The van der Waals surface area contributed by atoms with E-state index in [9.17, 15) is 9.59 Å². The van der Waals surface area contributed by atoms with Gasteiger partial charge < -0.3 is 19.5 Å². The van der Waals surface area contributed by atoms with E-state index in [0.717, 1.165) is 19.3 Å². The molecule has 2 rings (SSSR count). The smallest absolute Gasteiger partial charge is 0.341 e. The van der Waals surface area contributed by atoms with Crippen LogP contribution in [0.5, 0.6) is 5.75 Å². The molecule has 1 aromatic carbocycles. The number of amides is 1.